The Morgan fingerprint density at radius 2 is 1.97 bits per heavy atom. The third kappa shape index (κ3) is 6.33. The molecular formula is C26H34N4O3. The van der Waals surface area contributed by atoms with Gasteiger partial charge >= 0.3 is 0 Å². The summed E-state index contributed by atoms with van der Waals surface area (Å²) in [6, 6.07) is 15.4. The summed E-state index contributed by atoms with van der Waals surface area (Å²) in [5.41, 5.74) is 3.06. The smallest absolute Gasteiger partial charge is 0.251 e. The van der Waals surface area contributed by atoms with Crippen LogP contribution in [-0.2, 0) is 11.2 Å². The lowest BCUT2D eigenvalue weighted by Crippen LogP contribution is -2.49. The molecule has 1 saturated carbocycles. The maximum atomic E-state index is 13.3. The highest BCUT2D eigenvalue weighted by molar-refractivity contribution is 6.00. The summed E-state index contributed by atoms with van der Waals surface area (Å²) in [5, 5.41) is 20.6. The van der Waals surface area contributed by atoms with Gasteiger partial charge in [-0.15, -0.1) is 0 Å². The summed E-state index contributed by atoms with van der Waals surface area (Å²) >= 11 is 0. The van der Waals surface area contributed by atoms with E-state index in [4.69, 9.17) is 0 Å². The molecule has 2 atom stereocenters. The molecule has 1 aliphatic heterocycles. The fourth-order valence-corrected chi connectivity index (χ4v) is 4.25. The van der Waals surface area contributed by atoms with Gasteiger partial charge in [-0.2, -0.15) is 0 Å². The zero-order valence-corrected chi connectivity index (χ0v) is 19.2. The number of nitrogens with zero attached hydrogens (tertiary/aromatic N) is 1. The van der Waals surface area contributed by atoms with Crippen LogP contribution >= 0.6 is 0 Å². The summed E-state index contributed by atoms with van der Waals surface area (Å²) in [7, 11) is 0. The van der Waals surface area contributed by atoms with Crippen molar-refractivity contribution in [3.8, 4) is 0 Å². The van der Waals surface area contributed by atoms with E-state index in [0.717, 1.165) is 36.2 Å². The minimum atomic E-state index is -0.716. The quantitative estimate of drug-likeness (QED) is 0.422. The predicted molar refractivity (Wildman–Crippen MR) is 131 cm³/mol. The molecule has 2 fully saturated rings. The average molecular weight is 451 g/mol. The van der Waals surface area contributed by atoms with Crippen molar-refractivity contribution < 1.29 is 14.7 Å². The van der Waals surface area contributed by atoms with E-state index >= 15 is 0 Å². The van der Waals surface area contributed by atoms with Gasteiger partial charge in [0, 0.05) is 49.0 Å². The van der Waals surface area contributed by atoms with Crippen LogP contribution in [0.4, 0.5) is 11.4 Å². The van der Waals surface area contributed by atoms with E-state index in [1.54, 1.807) is 17.0 Å². The number of nitrogens with one attached hydrogen (secondary N) is 3. The molecule has 1 saturated heterocycles. The standard InChI is InChI=1S/C26H34N4O3/c1-2-27-21-14-19(15-22(16-21)30-12-6-9-25(30)32)26(33)29-23(13-18-7-4-3-5-8-18)24(31)17-28-20-10-11-20/h3-5,7-8,14-16,20,23-24,27-28,31H,2,6,9-13,17H2,1H3,(H,29,33)/t23-,24+/m0/s1. The minimum Gasteiger partial charge on any atom is -0.390 e. The second-order valence-electron chi connectivity index (χ2n) is 8.97. The molecule has 0 bridgehead atoms. The highest BCUT2D eigenvalue weighted by Crippen LogP contribution is 2.27. The van der Waals surface area contributed by atoms with Crippen molar-refractivity contribution in [3.05, 3.63) is 59.7 Å². The Morgan fingerprint density at radius 1 is 1.18 bits per heavy atom. The summed E-state index contributed by atoms with van der Waals surface area (Å²) in [4.78, 5) is 27.4. The monoisotopic (exact) mass is 450 g/mol. The molecule has 4 N–H and O–H groups in total. The number of carbonyl (C=O) groups excluding carboxylic acids is 2. The molecule has 2 aromatic carbocycles. The second kappa shape index (κ2) is 10.8. The van der Waals surface area contributed by atoms with Gasteiger partial charge < -0.3 is 26.0 Å². The number of hydrogen-bond acceptors (Lipinski definition) is 5. The lowest BCUT2D eigenvalue weighted by Gasteiger charge is -2.25. The molecule has 176 valence electrons. The van der Waals surface area contributed by atoms with E-state index in [0.29, 0.717) is 44.1 Å². The topological polar surface area (TPSA) is 93.7 Å². The number of aliphatic hydroxyl groups excluding tert-OH is 1. The third-order valence-electron chi connectivity index (χ3n) is 6.22. The van der Waals surface area contributed by atoms with Gasteiger partial charge in [0.25, 0.3) is 5.91 Å². The molecule has 0 spiro atoms. The summed E-state index contributed by atoms with van der Waals surface area (Å²) in [5.74, 6) is -0.174. The molecule has 7 nitrogen and oxygen atoms in total. The second-order valence-corrected chi connectivity index (χ2v) is 8.97. The van der Waals surface area contributed by atoms with E-state index in [-0.39, 0.29) is 11.8 Å². The fourth-order valence-electron chi connectivity index (χ4n) is 4.25. The van der Waals surface area contributed by atoms with Crippen LogP contribution in [0.3, 0.4) is 0 Å². The van der Waals surface area contributed by atoms with Crippen LogP contribution in [0, 0.1) is 0 Å². The number of carbonyl (C=O) groups is 2. The number of benzene rings is 2. The van der Waals surface area contributed by atoms with E-state index in [9.17, 15) is 14.7 Å². The van der Waals surface area contributed by atoms with Gasteiger partial charge in [0.1, 0.15) is 0 Å². The molecule has 1 aliphatic carbocycles. The maximum Gasteiger partial charge on any atom is 0.251 e. The van der Waals surface area contributed by atoms with Crippen molar-refractivity contribution in [3.63, 3.8) is 0 Å². The van der Waals surface area contributed by atoms with Crippen LogP contribution < -0.4 is 20.9 Å². The molecule has 0 unspecified atom stereocenters. The molecule has 2 aliphatic rings. The van der Waals surface area contributed by atoms with Gasteiger partial charge in [0.05, 0.1) is 12.1 Å². The van der Waals surface area contributed by atoms with E-state index < -0.39 is 12.1 Å². The molecular weight excluding hydrogens is 416 g/mol. The van der Waals surface area contributed by atoms with Crippen LogP contribution in [0.5, 0.6) is 0 Å². The van der Waals surface area contributed by atoms with E-state index in [1.165, 1.54) is 0 Å². The first-order chi connectivity index (χ1) is 16.0. The third-order valence-corrected chi connectivity index (χ3v) is 6.22. The van der Waals surface area contributed by atoms with Crippen LogP contribution in [-0.4, -0.2) is 54.7 Å². The van der Waals surface area contributed by atoms with Crippen molar-refractivity contribution in [2.24, 2.45) is 0 Å². The maximum absolute atomic E-state index is 13.3. The van der Waals surface area contributed by atoms with Crippen molar-refractivity contribution in [1.82, 2.24) is 10.6 Å². The van der Waals surface area contributed by atoms with E-state index in [2.05, 4.69) is 16.0 Å². The predicted octanol–water partition coefficient (Wildman–Crippen LogP) is 2.70. The van der Waals surface area contributed by atoms with Gasteiger partial charge in [-0.1, -0.05) is 30.3 Å². The van der Waals surface area contributed by atoms with Crippen molar-refractivity contribution in [2.75, 3.05) is 29.9 Å². The lowest BCUT2D eigenvalue weighted by molar-refractivity contribution is -0.117. The first kappa shape index (κ1) is 23.3. The van der Waals surface area contributed by atoms with Gasteiger partial charge in [0.15, 0.2) is 0 Å². The highest BCUT2D eigenvalue weighted by atomic mass is 16.3. The summed E-state index contributed by atoms with van der Waals surface area (Å²) in [6.45, 7) is 3.80. The summed E-state index contributed by atoms with van der Waals surface area (Å²) < 4.78 is 0. The minimum absolute atomic E-state index is 0.0820. The SMILES string of the molecule is CCNc1cc(C(=O)N[C@@H](Cc2ccccc2)[C@H](O)CNC2CC2)cc(N2CCCC2=O)c1. The lowest BCUT2D eigenvalue weighted by atomic mass is 10.00. The Kier molecular flexibility index (Phi) is 7.62. The Morgan fingerprint density at radius 3 is 2.64 bits per heavy atom. The Hall–Kier alpha value is -2.90. The molecule has 33 heavy (non-hydrogen) atoms. The first-order valence-corrected chi connectivity index (χ1v) is 12.0. The highest BCUT2D eigenvalue weighted by Gasteiger charge is 2.27. The number of hydrogen-bond donors (Lipinski definition) is 4. The number of anilines is 2. The molecule has 0 aromatic heterocycles. The van der Waals surface area contributed by atoms with Crippen molar-refractivity contribution in [1.29, 1.82) is 0 Å². The Labute approximate surface area is 195 Å². The molecule has 2 aromatic rings. The zero-order chi connectivity index (χ0) is 23.2. The van der Waals surface area contributed by atoms with Crippen LogP contribution in [0.2, 0.25) is 0 Å². The van der Waals surface area contributed by atoms with Gasteiger partial charge in [0.2, 0.25) is 5.91 Å². The molecule has 0 radical (unpaired) electrons. The van der Waals surface area contributed by atoms with Crippen LogP contribution in [0.1, 0.15) is 48.5 Å². The van der Waals surface area contributed by atoms with Crippen LogP contribution in [0.25, 0.3) is 0 Å². The van der Waals surface area contributed by atoms with Crippen molar-refractivity contribution in [2.45, 2.75) is 57.2 Å². The summed E-state index contributed by atoms with van der Waals surface area (Å²) in [6.07, 6.45) is 3.45. The largest absolute Gasteiger partial charge is 0.390 e. The number of amides is 2. The van der Waals surface area contributed by atoms with Gasteiger partial charge in [-0.25, -0.2) is 0 Å². The van der Waals surface area contributed by atoms with Crippen LogP contribution in [0.15, 0.2) is 48.5 Å². The molecule has 4 rings (SSSR count). The molecule has 1 heterocycles. The van der Waals surface area contributed by atoms with Gasteiger partial charge in [-0.3, -0.25) is 9.59 Å². The van der Waals surface area contributed by atoms with Gasteiger partial charge in [-0.05, 0) is 56.4 Å². The molecule has 2 amide bonds. The van der Waals surface area contributed by atoms with Crippen molar-refractivity contribution >= 4 is 23.2 Å². The number of aliphatic hydroxyl groups is 1. The van der Waals surface area contributed by atoms with E-state index in [1.807, 2.05) is 43.3 Å². The Balaban J connectivity index is 1.53. The first-order valence-electron chi connectivity index (χ1n) is 12.0. The average Bonchev–Trinajstić information content (AvgIpc) is 3.55. The fraction of sp³-hybridized carbons (Fsp3) is 0.462. The Bertz CT molecular complexity index is 961. The number of rotatable bonds is 11. The zero-order valence-electron chi connectivity index (χ0n) is 19.2. The molecule has 7 heteroatoms. The normalized spacial score (nSPS) is 17.6.